The van der Waals surface area contributed by atoms with Crippen LogP contribution in [-0.2, 0) is 23.8 Å². The average molecular weight is 377 g/mol. The minimum absolute atomic E-state index is 0.193. The van der Waals surface area contributed by atoms with E-state index in [9.17, 15) is 9.59 Å². The van der Waals surface area contributed by atoms with Crippen molar-refractivity contribution in [3.8, 4) is 0 Å². The predicted octanol–water partition coefficient (Wildman–Crippen LogP) is 2.14. The van der Waals surface area contributed by atoms with Crippen LogP contribution in [0, 0.1) is 0 Å². The second-order valence-corrected chi connectivity index (χ2v) is 7.06. The molecule has 0 radical (unpaired) electrons. The molecule has 7 nitrogen and oxygen atoms in total. The second-order valence-electron chi connectivity index (χ2n) is 5.21. The van der Waals surface area contributed by atoms with E-state index in [1.54, 1.807) is 27.7 Å². The van der Waals surface area contributed by atoms with E-state index in [-0.39, 0.29) is 13.2 Å². The van der Waals surface area contributed by atoms with E-state index in [4.69, 9.17) is 14.2 Å². The molecule has 0 spiro atoms. The number of thioether (sulfide) groups is 2. The predicted molar refractivity (Wildman–Crippen MR) is 97.9 cm³/mol. The number of hydrogen-bond donors (Lipinski definition) is 0. The summed E-state index contributed by atoms with van der Waals surface area (Å²) in [6, 6.07) is -0.999. The molecule has 1 aliphatic heterocycles. The first kappa shape index (κ1) is 20.8. The van der Waals surface area contributed by atoms with E-state index in [1.807, 2.05) is 12.5 Å². The van der Waals surface area contributed by atoms with Crippen LogP contribution in [0.15, 0.2) is 9.98 Å². The molecule has 0 aliphatic carbocycles. The van der Waals surface area contributed by atoms with Gasteiger partial charge in [0.2, 0.25) is 0 Å². The summed E-state index contributed by atoms with van der Waals surface area (Å²) in [4.78, 5) is 33.6. The summed E-state index contributed by atoms with van der Waals surface area (Å²) < 4.78 is 16.6. The van der Waals surface area contributed by atoms with Crippen molar-refractivity contribution in [1.29, 1.82) is 0 Å². The molecule has 1 aliphatic rings. The summed E-state index contributed by atoms with van der Waals surface area (Å²) in [5.74, 6) is -1.14. The molecule has 0 saturated heterocycles. The number of carbonyl (C=O) groups is 2. The van der Waals surface area contributed by atoms with Crippen molar-refractivity contribution >= 4 is 46.2 Å². The van der Waals surface area contributed by atoms with Gasteiger partial charge in [0.1, 0.15) is 4.38 Å². The third-order valence-corrected chi connectivity index (χ3v) is 5.72. The highest BCUT2D eigenvalue weighted by atomic mass is 32.2. The van der Waals surface area contributed by atoms with Gasteiger partial charge in [-0.1, -0.05) is 0 Å². The molecule has 0 amide bonds. The van der Waals surface area contributed by atoms with Crippen LogP contribution >= 0.6 is 23.5 Å². The molecule has 0 N–H and O–H groups in total. The summed E-state index contributed by atoms with van der Waals surface area (Å²) in [5.41, 5.74) is -2.81. The van der Waals surface area contributed by atoms with Gasteiger partial charge in [-0.15, -0.1) is 23.5 Å². The monoisotopic (exact) mass is 376 g/mol. The zero-order valence-electron chi connectivity index (χ0n) is 14.8. The molecule has 136 valence electrons. The van der Waals surface area contributed by atoms with Gasteiger partial charge in [0, 0.05) is 0 Å². The lowest BCUT2D eigenvalue weighted by molar-refractivity contribution is -0.162. The van der Waals surface area contributed by atoms with Crippen LogP contribution in [0.3, 0.4) is 0 Å². The lowest BCUT2D eigenvalue weighted by atomic mass is 9.77. The fourth-order valence-electron chi connectivity index (χ4n) is 2.28. The Labute approximate surface area is 151 Å². The first-order valence-corrected chi connectivity index (χ1v) is 9.96. The maximum Gasteiger partial charge on any atom is 0.338 e. The van der Waals surface area contributed by atoms with Gasteiger partial charge in [-0.25, -0.2) is 19.6 Å². The Morgan fingerprint density at radius 2 is 1.88 bits per heavy atom. The van der Waals surface area contributed by atoms with Crippen molar-refractivity contribution in [3.63, 3.8) is 0 Å². The number of carbonyl (C=O) groups excluding carboxylic acids is 2. The fraction of sp³-hybridized carbons (Fsp3) is 0.733. The number of aliphatic imine (C=N–C) groups is 2. The van der Waals surface area contributed by atoms with E-state index in [0.717, 1.165) is 0 Å². The Hall–Kier alpha value is -1.22. The summed E-state index contributed by atoms with van der Waals surface area (Å²) in [7, 11) is 0. The lowest BCUT2D eigenvalue weighted by Crippen LogP contribution is -2.62. The molecule has 1 heterocycles. The molecule has 9 heteroatoms. The van der Waals surface area contributed by atoms with Crippen LogP contribution in [0.25, 0.3) is 0 Å². The van der Waals surface area contributed by atoms with Gasteiger partial charge in [0.05, 0.1) is 13.2 Å². The Morgan fingerprint density at radius 3 is 2.38 bits per heavy atom. The molecular weight excluding hydrogens is 352 g/mol. The Bertz CT molecular complexity index is 534. The Morgan fingerprint density at radius 1 is 1.29 bits per heavy atom. The van der Waals surface area contributed by atoms with E-state index in [2.05, 4.69) is 9.98 Å². The van der Waals surface area contributed by atoms with Crippen LogP contribution in [0.4, 0.5) is 0 Å². The molecule has 3 atom stereocenters. The zero-order chi connectivity index (χ0) is 18.4. The van der Waals surface area contributed by atoms with Gasteiger partial charge in [-0.05, 0) is 40.2 Å². The first-order chi connectivity index (χ1) is 11.3. The van der Waals surface area contributed by atoms with E-state index in [1.165, 1.54) is 29.9 Å². The molecule has 0 unspecified atom stereocenters. The van der Waals surface area contributed by atoms with Gasteiger partial charge in [-0.3, -0.25) is 0 Å². The van der Waals surface area contributed by atoms with Crippen LogP contribution in [0.1, 0.15) is 27.7 Å². The molecule has 0 bridgehead atoms. The highest BCUT2D eigenvalue weighted by Crippen LogP contribution is 2.40. The topological polar surface area (TPSA) is 86.5 Å². The smallest absolute Gasteiger partial charge is 0.338 e. The number of ether oxygens (including phenoxy) is 3. The number of hydrogen-bond acceptors (Lipinski definition) is 9. The molecule has 24 heavy (non-hydrogen) atoms. The van der Waals surface area contributed by atoms with Gasteiger partial charge >= 0.3 is 11.9 Å². The molecular formula is C15H24N2O5S2. The van der Waals surface area contributed by atoms with Gasteiger partial charge < -0.3 is 14.2 Å². The quantitative estimate of drug-likeness (QED) is 0.399. The largest absolute Gasteiger partial charge is 0.471 e. The second kappa shape index (κ2) is 8.75. The fourth-order valence-corrected chi connectivity index (χ4v) is 3.50. The summed E-state index contributed by atoms with van der Waals surface area (Å²) in [5, 5.41) is 0. The summed E-state index contributed by atoms with van der Waals surface area (Å²) in [6.07, 6.45) is 4.89. The van der Waals surface area contributed by atoms with E-state index < -0.39 is 29.1 Å². The SMILES string of the molecule is CCOC(=O)[C@H]1N=CO[C@]1(C)[C@@](C)(N=C(SC)SC)C(=O)OCC. The minimum Gasteiger partial charge on any atom is -0.471 e. The first-order valence-electron chi connectivity index (χ1n) is 7.51. The maximum absolute atomic E-state index is 12.7. The highest BCUT2D eigenvalue weighted by Gasteiger charge is 2.62. The summed E-state index contributed by atoms with van der Waals surface area (Å²) >= 11 is 2.80. The normalized spacial score (nSPS) is 24.7. The van der Waals surface area contributed by atoms with Crippen molar-refractivity contribution in [2.24, 2.45) is 9.98 Å². The van der Waals surface area contributed by atoms with E-state index >= 15 is 0 Å². The van der Waals surface area contributed by atoms with Crippen molar-refractivity contribution in [1.82, 2.24) is 0 Å². The molecule has 1 rings (SSSR count). The van der Waals surface area contributed by atoms with Crippen LogP contribution < -0.4 is 0 Å². The molecule has 0 aromatic carbocycles. The van der Waals surface area contributed by atoms with Crippen LogP contribution in [-0.4, -0.2) is 65.6 Å². The highest BCUT2D eigenvalue weighted by molar-refractivity contribution is 8.38. The molecule has 0 aromatic heterocycles. The maximum atomic E-state index is 12.7. The Balaban J connectivity index is 3.39. The van der Waals surface area contributed by atoms with Crippen LogP contribution in [0.2, 0.25) is 0 Å². The third kappa shape index (κ3) is 3.88. The van der Waals surface area contributed by atoms with Crippen molar-refractivity contribution in [2.75, 3.05) is 25.7 Å². The van der Waals surface area contributed by atoms with Gasteiger partial charge in [-0.2, -0.15) is 0 Å². The molecule has 0 fully saturated rings. The third-order valence-electron chi connectivity index (χ3n) is 3.84. The van der Waals surface area contributed by atoms with Gasteiger partial charge in [0.25, 0.3) is 0 Å². The summed E-state index contributed by atoms with van der Waals surface area (Å²) in [6.45, 7) is 7.04. The van der Waals surface area contributed by atoms with Crippen molar-refractivity contribution < 1.29 is 23.8 Å². The Kier molecular flexibility index (Phi) is 7.59. The average Bonchev–Trinajstić information content (AvgIpc) is 2.96. The van der Waals surface area contributed by atoms with Gasteiger partial charge in [0.15, 0.2) is 23.6 Å². The standard InChI is InChI=1S/C15H24N2O5S2/c1-7-20-11(18)10-15(4,22-9-16-10)14(3,12(19)21-8-2)17-13(23-5)24-6/h9-10H,7-8H2,1-6H3/t10-,14+,15+/m1/s1. The number of nitrogens with zero attached hydrogens (tertiary/aromatic N) is 2. The lowest BCUT2D eigenvalue weighted by Gasteiger charge is -2.39. The molecule has 0 aromatic rings. The molecule has 0 saturated carbocycles. The van der Waals surface area contributed by atoms with Crippen LogP contribution in [0.5, 0.6) is 0 Å². The van der Waals surface area contributed by atoms with Crippen molar-refractivity contribution in [2.45, 2.75) is 44.9 Å². The number of rotatable bonds is 6. The number of esters is 2. The van der Waals surface area contributed by atoms with E-state index in [0.29, 0.717) is 4.38 Å². The minimum atomic E-state index is -1.46. The van der Waals surface area contributed by atoms with Crippen molar-refractivity contribution in [3.05, 3.63) is 0 Å². The zero-order valence-corrected chi connectivity index (χ0v) is 16.5.